The number of carboxylic acid groups (broad SMARTS) is 1. The van der Waals surface area contributed by atoms with Crippen LogP contribution in [0.2, 0.25) is 0 Å². The molecule has 0 fully saturated rings. The van der Waals surface area contributed by atoms with Gasteiger partial charge in [0.2, 0.25) is 10.0 Å². The van der Waals surface area contributed by atoms with Crippen molar-refractivity contribution in [3.05, 3.63) is 28.8 Å². The van der Waals surface area contributed by atoms with E-state index in [1.165, 1.54) is 10.4 Å². The van der Waals surface area contributed by atoms with E-state index in [4.69, 9.17) is 10.8 Å². The number of hydrogen-bond acceptors (Lipinski definition) is 4. The van der Waals surface area contributed by atoms with Gasteiger partial charge in [0.05, 0.1) is 11.3 Å². The molecule has 0 radical (unpaired) electrons. The number of benzene rings is 1. The topological polar surface area (TPSA) is 101 Å². The van der Waals surface area contributed by atoms with Crippen LogP contribution in [0.4, 0.5) is 5.69 Å². The lowest BCUT2D eigenvalue weighted by atomic mass is 9.96. The molecule has 1 aromatic rings. The number of nitrogens with two attached hydrogens (primary N) is 1. The third kappa shape index (κ3) is 2.43. The number of rotatable bonds is 3. The Labute approximate surface area is 111 Å². The maximum Gasteiger partial charge on any atom is 0.337 e. The molecule has 0 atom stereocenters. The lowest BCUT2D eigenvalue weighted by molar-refractivity contribution is 0.0698. The SMILES string of the molecule is CCS(=O)(=O)N1CCc2c(ccc(C(=O)O)c2N)C1. The maximum absolute atomic E-state index is 11.8. The lowest BCUT2D eigenvalue weighted by Crippen LogP contribution is -2.37. The highest BCUT2D eigenvalue weighted by Crippen LogP contribution is 2.28. The summed E-state index contributed by atoms with van der Waals surface area (Å²) in [6, 6.07) is 3.07. The minimum atomic E-state index is -3.23. The van der Waals surface area contributed by atoms with Gasteiger partial charge < -0.3 is 10.8 Å². The van der Waals surface area contributed by atoms with Crippen molar-refractivity contribution >= 4 is 21.7 Å². The van der Waals surface area contributed by atoms with E-state index in [0.717, 1.165) is 11.1 Å². The number of fused-ring (bicyclic) bond motifs is 1. The first kappa shape index (κ1) is 13.8. The summed E-state index contributed by atoms with van der Waals surface area (Å²) in [5.41, 5.74) is 7.70. The monoisotopic (exact) mass is 284 g/mol. The molecular formula is C12H16N2O4S. The van der Waals surface area contributed by atoms with Crippen molar-refractivity contribution in [3.63, 3.8) is 0 Å². The van der Waals surface area contributed by atoms with E-state index in [2.05, 4.69) is 0 Å². The number of carbonyl (C=O) groups is 1. The van der Waals surface area contributed by atoms with E-state index < -0.39 is 16.0 Å². The average Bonchev–Trinajstić information content (AvgIpc) is 2.38. The van der Waals surface area contributed by atoms with E-state index in [1.807, 2.05) is 0 Å². The molecule has 0 amide bonds. The Morgan fingerprint density at radius 3 is 2.74 bits per heavy atom. The highest BCUT2D eigenvalue weighted by molar-refractivity contribution is 7.89. The number of anilines is 1. The van der Waals surface area contributed by atoms with Crippen LogP contribution in [0.1, 0.15) is 28.4 Å². The van der Waals surface area contributed by atoms with E-state index in [9.17, 15) is 13.2 Å². The van der Waals surface area contributed by atoms with Crippen molar-refractivity contribution in [3.8, 4) is 0 Å². The first-order valence-electron chi connectivity index (χ1n) is 5.98. The molecule has 104 valence electrons. The third-order valence-corrected chi connectivity index (χ3v) is 5.23. The molecule has 0 aliphatic carbocycles. The fourth-order valence-electron chi connectivity index (χ4n) is 2.27. The van der Waals surface area contributed by atoms with Crippen molar-refractivity contribution < 1.29 is 18.3 Å². The zero-order valence-electron chi connectivity index (χ0n) is 10.6. The van der Waals surface area contributed by atoms with Gasteiger partial charge in [-0.25, -0.2) is 13.2 Å². The molecule has 6 nitrogen and oxygen atoms in total. The van der Waals surface area contributed by atoms with Gasteiger partial charge in [-0.2, -0.15) is 4.31 Å². The van der Waals surface area contributed by atoms with Gasteiger partial charge in [0.1, 0.15) is 0 Å². The summed E-state index contributed by atoms with van der Waals surface area (Å²) in [6.45, 7) is 2.21. The number of sulfonamides is 1. The highest BCUT2D eigenvalue weighted by atomic mass is 32.2. The van der Waals surface area contributed by atoms with Crippen LogP contribution in [0.15, 0.2) is 12.1 Å². The number of nitrogen functional groups attached to an aromatic ring is 1. The van der Waals surface area contributed by atoms with Crippen LogP contribution in [0.5, 0.6) is 0 Å². The van der Waals surface area contributed by atoms with Gasteiger partial charge in [0.25, 0.3) is 0 Å². The smallest absolute Gasteiger partial charge is 0.337 e. The first-order chi connectivity index (χ1) is 8.86. The molecule has 0 unspecified atom stereocenters. The molecule has 19 heavy (non-hydrogen) atoms. The van der Waals surface area contributed by atoms with Crippen LogP contribution in [0.25, 0.3) is 0 Å². The normalized spacial score (nSPS) is 16.1. The van der Waals surface area contributed by atoms with E-state index in [1.54, 1.807) is 13.0 Å². The molecule has 2 rings (SSSR count). The van der Waals surface area contributed by atoms with Gasteiger partial charge in [-0.05, 0) is 30.5 Å². The quantitative estimate of drug-likeness (QED) is 0.795. The second kappa shape index (κ2) is 4.82. The van der Waals surface area contributed by atoms with Crippen molar-refractivity contribution in [2.45, 2.75) is 19.9 Å². The fraction of sp³-hybridized carbons (Fsp3) is 0.417. The van der Waals surface area contributed by atoms with Crippen LogP contribution in [-0.4, -0.2) is 36.1 Å². The van der Waals surface area contributed by atoms with Gasteiger partial charge in [0, 0.05) is 18.8 Å². The van der Waals surface area contributed by atoms with Gasteiger partial charge in [-0.1, -0.05) is 6.07 Å². The average molecular weight is 284 g/mol. The molecule has 1 aliphatic rings. The Hall–Kier alpha value is -1.60. The predicted octanol–water partition coefficient (Wildman–Crippen LogP) is 0.675. The Balaban J connectivity index is 2.39. The number of carboxylic acids is 1. The molecule has 7 heteroatoms. The molecule has 0 aromatic heterocycles. The first-order valence-corrected chi connectivity index (χ1v) is 7.59. The third-order valence-electron chi connectivity index (χ3n) is 3.40. The van der Waals surface area contributed by atoms with Crippen LogP contribution < -0.4 is 5.73 Å². The summed E-state index contributed by atoms with van der Waals surface area (Å²) in [5.74, 6) is -1.01. The molecule has 1 aromatic carbocycles. The molecule has 1 heterocycles. The number of hydrogen-bond donors (Lipinski definition) is 2. The summed E-state index contributed by atoms with van der Waals surface area (Å²) in [4.78, 5) is 11.0. The minimum absolute atomic E-state index is 0.0605. The summed E-state index contributed by atoms with van der Waals surface area (Å²) < 4.78 is 25.1. The van der Waals surface area contributed by atoms with Crippen molar-refractivity contribution in [1.82, 2.24) is 4.31 Å². The minimum Gasteiger partial charge on any atom is -0.478 e. The lowest BCUT2D eigenvalue weighted by Gasteiger charge is -2.28. The largest absolute Gasteiger partial charge is 0.478 e. The number of nitrogens with zero attached hydrogens (tertiary/aromatic N) is 1. The predicted molar refractivity (Wildman–Crippen MR) is 71.4 cm³/mol. The number of aromatic carboxylic acids is 1. The second-order valence-electron chi connectivity index (χ2n) is 4.45. The van der Waals surface area contributed by atoms with Crippen LogP contribution in [0, 0.1) is 0 Å². The van der Waals surface area contributed by atoms with Gasteiger partial charge in [0.15, 0.2) is 0 Å². The van der Waals surface area contributed by atoms with Crippen molar-refractivity contribution in [2.75, 3.05) is 18.0 Å². The summed E-state index contributed by atoms with van der Waals surface area (Å²) in [6.07, 6.45) is 0.446. The molecule has 0 spiro atoms. The van der Waals surface area contributed by atoms with Crippen molar-refractivity contribution in [2.24, 2.45) is 0 Å². The van der Waals surface area contributed by atoms with Crippen LogP contribution >= 0.6 is 0 Å². The molecule has 3 N–H and O–H groups in total. The second-order valence-corrected chi connectivity index (χ2v) is 6.71. The highest BCUT2D eigenvalue weighted by Gasteiger charge is 2.27. The van der Waals surface area contributed by atoms with Crippen LogP contribution in [-0.2, 0) is 23.0 Å². The van der Waals surface area contributed by atoms with Crippen molar-refractivity contribution in [1.29, 1.82) is 0 Å². The van der Waals surface area contributed by atoms with E-state index in [0.29, 0.717) is 13.0 Å². The van der Waals surface area contributed by atoms with Gasteiger partial charge in [-0.15, -0.1) is 0 Å². The zero-order valence-corrected chi connectivity index (χ0v) is 11.4. The van der Waals surface area contributed by atoms with Gasteiger partial charge >= 0.3 is 5.97 Å². The molecule has 1 aliphatic heterocycles. The zero-order chi connectivity index (χ0) is 14.2. The van der Waals surface area contributed by atoms with E-state index >= 15 is 0 Å². The standard InChI is InChI=1S/C12H16N2O4S/c1-2-19(17,18)14-6-5-9-8(7-14)3-4-10(11(9)13)12(15)16/h3-4H,2,5-7,13H2,1H3,(H,15,16). The molecule has 0 bridgehead atoms. The summed E-state index contributed by atoms with van der Waals surface area (Å²) in [5, 5.41) is 9.00. The van der Waals surface area contributed by atoms with E-state index in [-0.39, 0.29) is 23.5 Å². The summed E-state index contributed by atoms with van der Waals surface area (Å²) in [7, 11) is -3.23. The Bertz CT molecular complexity index is 625. The maximum atomic E-state index is 11.8. The Kier molecular flexibility index (Phi) is 3.51. The summed E-state index contributed by atoms with van der Waals surface area (Å²) >= 11 is 0. The fourth-order valence-corrected chi connectivity index (χ4v) is 3.34. The van der Waals surface area contributed by atoms with Crippen LogP contribution in [0.3, 0.4) is 0 Å². The van der Waals surface area contributed by atoms with Gasteiger partial charge in [-0.3, -0.25) is 0 Å². The molecular weight excluding hydrogens is 268 g/mol. The Morgan fingerprint density at radius 2 is 2.16 bits per heavy atom. The Morgan fingerprint density at radius 1 is 1.47 bits per heavy atom. The molecule has 0 saturated carbocycles. The molecule has 0 saturated heterocycles.